The van der Waals surface area contributed by atoms with Crippen LogP contribution in [0.2, 0.25) is 0 Å². The van der Waals surface area contributed by atoms with E-state index >= 15 is 0 Å². The Morgan fingerprint density at radius 3 is 2.57 bits per heavy atom. The summed E-state index contributed by atoms with van der Waals surface area (Å²) in [5.74, 6) is -1.83. The fourth-order valence-electron chi connectivity index (χ4n) is 1.70. The van der Waals surface area contributed by atoms with Gasteiger partial charge in [0.15, 0.2) is 0 Å². The number of thiophene rings is 2. The summed E-state index contributed by atoms with van der Waals surface area (Å²) in [6.07, 6.45) is -4.69. The molecule has 3 aromatic rings. The third-order valence-electron chi connectivity index (χ3n) is 2.57. The standard InChI is InChI=1S/C12H4BrF3N2OS2/c13-7-2-1-6(21-7)9(19)8-10-5(3-4-20-10)17-11(18-8)12(14,15)16/h1-4H. The molecule has 0 aliphatic heterocycles. The molecule has 0 fully saturated rings. The lowest BCUT2D eigenvalue weighted by Crippen LogP contribution is -2.14. The molecule has 9 heteroatoms. The fourth-order valence-corrected chi connectivity index (χ4v) is 3.84. The normalized spacial score (nSPS) is 12.0. The average molecular weight is 393 g/mol. The second-order valence-electron chi connectivity index (χ2n) is 3.96. The molecule has 0 amide bonds. The SMILES string of the molecule is O=C(c1ccc(Br)s1)c1nc(C(F)(F)F)nc2ccsc12. The summed E-state index contributed by atoms with van der Waals surface area (Å²) >= 11 is 5.51. The number of ketones is 1. The molecule has 21 heavy (non-hydrogen) atoms. The number of carbonyl (C=O) groups excluding carboxylic acids is 1. The van der Waals surface area contributed by atoms with Gasteiger partial charge in [-0.15, -0.1) is 22.7 Å². The Kier molecular flexibility index (Phi) is 3.58. The highest BCUT2D eigenvalue weighted by atomic mass is 79.9. The molecule has 0 N–H and O–H groups in total. The first-order valence-electron chi connectivity index (χ1n) is 5.49. The van der Waals surface area contributed by atoms with E-state index in [0.717, 1.165) is 26.5 Å². The second-order valence-corrected chi connectivity index (χ2v) is 7.34. The molecule has 0 saturated heterocycles. The van der Waals surface area contributed by atoms with Crippen molar-refractivity contribution in [1.82, 2.24) is 9.97 Å². The maximum absolute atomic E-state index is 12.8. The van der Waals surface area contributed by atoms with Crippen LogP contribution in [0, 0.1) is 0 Å². The van der Waals surface area contributed by atoms with Crippen molar-refractivity contribution in [1.29, 1.82) is 0 Å². The number of carbonyl (C=O) groups is 1. The number of alkyl halides is 3. The molecule has 108 valence electrons. The van der Waals surface area contributed by atoms with Gasteiger partial charge in [-0.1, -0.05) is 0 Å². The smallest absolute Gasteiger partial charge is 0.286 e. The Hall–Kier alpha value is -1.32. The molecule has 0 aliphatic rings. The van der Waals surface area contributed by atoms with E-state index < -0.39 is 17.8 Å². The third-order valence-corrected chi connectivity index (χ3v) is 5.10. The van der Waals surface area contributed by atoms with Crippen molar-refractivity contribution in [2.24, 2.45) is 0 Å². The first-order chi connectivity index (χ1) is 9.86. The van der Waals surface area contributed by atoms with Crippen molar-refractivity contribution in [3.63, 3.8) is 0 Å². The third kappa shape index (κ3) is 2.72. The first kappa shape index (κ1) is 14.6. The number of nitrogens with zero attached hydrogens (tertiary/aromatic N) is 2. The van der Waals surface area contributed by atoms with Gasteiger partial charge >= 0.3 is 6.18 Å². The maximum Gasteiger partial charge on any atom is 0.451 e. The van der Waals surface area contributed by atoms with Gasteiger partial charge in [0, 0.05) is 0 Å². The summed E-state index contributed by atoms with van der Waals surface area (Å²) in [6, 6.07) is 4.65. The van der Waals surface area contributed by atoms with Crippen molar-refractivity contribution >= 4 is 54.6 Å². The van der Waals surface area contributed by atoms with Gasteiger partial charge in [0.1, 0.15) is 5.69 Å². The summed E-state index contributed by atoms with van der Waals surface area (Å²) in [5, 5.41) is 1.58. The quantitative estimate of drug-likeness (QED) is 0.590. The van der Waals surface area contributed by atoms with Gasteiger partial charge in [0.05, 0.1) is 18.9 Å². The van der Waals surface area contributed by atoms with E-state index in [4.69, 9.17) is 0 Å². The Morgan fingerprint density at radius 2 is 1.95 bits per heavy atom. The second kappa shape index (κ2) is 5.15. The van der Waals surface area contributed by atoms with Crippen molar-refractivity contribution in [2.45, 2.75) is 6.18 Å². The zero-order valence-corrected chi connectivity index (χ0v) is 13.2. The van der Waals surface area contributed by atoms with Crippen LogP contribution in [0.4, 0.5) is 13.2 Å². The van der Waals surface area contributed by atoms with Crippen LogP contribution in [0.3, 0.4) is 0 Å². The van der Waals surface area contributed by atoms with Gasteiger partial charge in [-0.3, -0.25) is 4.79 Å². The van der Waals surface area contributed by atoms with Gasteiger partial charge in [0.25, 0.3) is 0 Å². The van der Waals surface area contributed by atoms with Crippen LogP contribution in [0.25, 0.3) is 10.2 Å². The molecule has 0 bridgehead atoms. The molecule has 3 rings (SSSR count). The number of halogens is 4. The number of fused-ring (bicyclic) bond motifs is 1. The topological polar surface area (TPSA) is 42.9 Å². The molecule has 0 radical (unpaired) electrons. The summed E-state index contributed by atoms with van der Waals surface area (Å²) in [4.78, 5) is 19.6. The molecule has 0 spiro atoms. The Morgan fingerprint density at radius 1 is 1.19 bits per heavy atom. The number of aromatic nitrogens is 2. The van der Waals surface area contributed by atoms with Gasteiger partial charge in [-0.2, -0.15) is 13.2 Å². The van der Waals surface area contributed by atoms with Crippen LogP contribution in [-0.2, 0) is 6.18 Å². The fraction of sp³-hybridized carbons (Fsp3) is 0.0833. The highest BCUT2D eigenvalue weighted by Gasteiger charge is 2.36. The molecule has 0 atom stereocenters. The van der Waals surface area contributed by atoms with Crippen molar-refractivity contribution in [3.8, 4) is 0 Å². The summed E-state index contributed by atoms with van der Waals surface area (Å²) in [5.41, 5.74) is -0.0852. The molecule has 0 unspecified atom stereocenters. The molecular formula is C12H4BrF3N2OS2. The number of hydrogen-bond donors (Lipinski definition) is 0. The zero-order chi connectivity index (χ0) is 15.2. The zero-order valence-electron chi connectivity index (χ0n) is 9.94. The van der Waals surface area contributed by atoms with Crippen LogP contribution in [-0.4, -0.2) is 15.8 Å². The lowest BCUT2D eigenvalue weighted by Gasteiger charge is -2.07. The van der Waals surface area contributed by atoms with Crippen LogP contribution < -0.4 is 0 Å². The highest BCUT2D eigenvalue weighted by molar-refractivity contribution is 9.11. The van der Waals surface area contributed by atoms with E-state index in [1.165, 1.54) is 6.07 Å². The minimum absolute atomic E-state index is 0.126. The summed E-state index contributed by atoms with van der Waals surface area (Å²) < 4.78 is 39.6. The van der Waals surface area contributed by atoms with Crippen molar-refractivity contribution in [2.75, 3.05) is 0 Å². The van der Waals surface area contributed by atoms with Crippen LogP contribution >= 0.6 is 38.6 Å². The molecule has 0 saturated carbocycles. The minimum atomic E-state index is -4.69. The molecule has 0 aromatic carbocycles. The Labute approximate surface area is 132 Å². The van der Waals surface area contributed by atoms with E-state index in [9.17, 15) is 18.0 Å². The predicted octanol–water partition coefficient (Wildman–Crippen LogP) is 4.77. The highest BCUT2D eigenvalue weighted by Crippen LogP contribution is 2.32. The van der Waals surface area contributed by atoms with E-state index in [1.54, 1.807) is 17.5 Å². The van der Waals surface area contributed by atoms with Crippen LogP contribution in [0.1, 0.15) is 21.2 Å². The van der Waals surface area contributed by atoms with Gasteiger partial charge in [-0.25, -0.2) is 9.97 Å². The van der Waals surface area contributed by atoms with Crippen LogP contribution in [0.15, 0.2) is 27.4 Å². The minimum Gasteiger partial charge on any atom is -0.286 e. The van der Waals surface area contributed by atoms with E-state index in [-0.39, 0.29) is 11.2 Å². The lowest BCUT2D eigenvalue weighted by atomic mass is 10.2. The molecular weight excluding hydrogens is 389 g/mol. The van der Waals surface area contributed by atoms with E-state index in [0.29, 0.717) is 9.58 Å². The Bertz CT molecular complexity index is 841. The van der Waals surface area contributed by atoms with Gasteiger partial charge in [-0.05, 0) is 39.5 Å². The monoisotopic (exact) mass is 392 g/mol. The number of rotatable bonds is 2. The maximum atomic E-state index is 12.8. The van der Waals surface area contributed by atoms with Crippen molar-refractivity contribution < 1.29 is 18.0 Å². The summed E-state index contributed by atoms with van der Waals surface area (Å²) in [6.45, 7) is 0. The molecule has 0 aliphatic carbocycles. The average Bonchev–Trinajstić information content (AvgIpc) is 3.03. The van der Waals surface area contributed by atoms with Gasteiger partial charge in [0.2, 0.25) is 11.6 Å². The lowest BCUT2D eigenvalue weighted by molar-refractivity contribution is -0.144. The predicted molar refractivity (Wildman–Crippen MR) is 77.9 cm³/mol. The number of hydrogen-bond acceptors (Lipinski definition) is 5. The van der Waals surface area contributed by atoms with Crippen LogP contribution in [0.5, 0.6) is 0 Å². The molecule has 3 nitrogen and oxygen atoms in total. The van der Waals surface area contributed by atoms with E-state index in [2.05, 4.69) is 25.9 Å². The molecule has 3 aromatic heterocycles. The summed E-state index contributed by atoms with van der Waals surface area (Å²) in [7, 11) is 0. The van der Waals surface area contributed by atoms with E-state index in [1.807, 2.05) is 0 Å². The van der Waals surface area contributed by atoms with Gasteiger partial charge < -0.3 is 0 Å². The van der Waals surface area contributed by atoms with Crippen molar-refractivity contribution in [3.05, 3.63) is 43.8 Å². The first-order valence-corrected chi connectivity index (χ1v) is 7.97. The largest absolute Gasteiger partial charge is 0.451 e. The molecule has 3 heterocycles. The Balaban J connectivity index is 2.21.